The van der Waals surface area contributed by atoms with Crippen molar-refractivity contribution >= 4 is 34.6 Å². The maximum absolute atomic E-state index is 12.0. The van der Waals surface area contributed by atoms with Crippen LogP contribution in [-0.4, -0.2) is 16.8 Å². The van der Waals surface area contributed by atoms with Gasteiger partial charge in [0.15, 0.2) is 0 Å². The van der Waals surface area contributed by atoms with Crippen molar-refractivity contribution in [2.45, 2.75) is 0 Å². The first-order chi connectivity index (χ1) is 14.4. The molecule has 30 heavy (non-hydrogen) atoms. The van der Waals surface area contributed by atoms with E-state index >= 15 is 0 Å². The van der Waals surface area contributed by atoms with Crippen LogP contribution in [0.15, 0.2) is 83.0 Å². The smallest absolute Gasteiger partial charge is 0.363 e. The minimum atomic E-state index is -0.781. The number of benzene rings is 3. The summed E-state index contributed by atoms with van der Waals surface area (Å²) in [6.45, 7) is 0. The molecule has 0 heterocycles. The summed E-state index contributed by atoms with van der Waals surface area (Å²) in [4.78, 5) is 39.1. The number of nitrogens with one attached hydrogen (secondary N) is 1. The van der Waals surface area contributed by atoms with Gasteiger partial charge in [0.25, 0.3) is 11.6 Å². The second-order valence-corrected chi connectivity index (χ2v) is 5.97. The maximum atomic E-state index is 12.0. The van der Waals surface area contributed by atoms with Crippen molar-refractivity contribution in [1.82, 2.24) is 0 Å². The minimum Gasteiger partial charge on any atom is -0.399 e. The molecule has 0 radical (unpaired) electrons. The van der Waals surface area contributed by atoms with Crippen molar-refractivity contribution in [3.8, 4) is 0 Å². The highest BCUT2D eigenvalue weighted by atomic mass is 16.7. The van der Waals surface area contributed by atoms with Crippen LogP contribution in [0.25, 0.3) is 0 Å². The van der Waals surface area contributed by atoms with Crippen LogP contribution < -0.4 is 11.2 Å². The van der Waals surface area contributed by atoms with Crippen LogP contribution >= 0.6 is 0 Å². The Labute approximate surface area is 170 Å². The van der Waals surface area contributed by atoms with Crippen molar-refractivity contribution in [3.63, 3.8) is 0 Å². The molecule has 10 heteroatoms. The van der Waals surface area contributed by atoms with Crippen molar-refractivity contribution < 1.29 is 19.3 Å². The SMILES string of the molecule is Nc1ccc(C(=O)N=Nc2ccc(NOC(=O)c3cccc([N+](=O)[O-])c3)cc2)cc1. The molecule has 0 fully saturated rings. The zero-order chi connectivity index (χ0) is 21.5. The first-order valence-corrected chi connectivity index (χ1v) is 8.56. The van der Waals surface area contributed by atoms with Gasteiger partial charge in [0, 0.05) is 23.4 Å². The van der Waals surface area contributed by atoms with E-state index in [-0.39, 0.29) is 11.3 Å². The Balaban J connectivity index is 1.57. The number of azo groups is 1. The van der Waals surface area contributed by atoms with E-state index in [0.29, 0.717) is 22.6 Å². The number of nitrogen functional groups attached to an aromatic ring is 1. The van der Waals surface area contributed by atoms with Crippen LogP contribution in [0.1, 0.15) is 20.7 Å². The molecule has 0 aliphatic carbocycles. The lowest BCUT2D eigenvalue weighted by atomic mass is 10.2. The number of amides is 1. The number of carbonyl (C=O) groups is 2. The molecule has 10 nitrogen and oxygen atoms in total. The predicted molar refractivity (Wildman–Crippen MR) is 108 cm³/mol. The number of rotatable bonds is 6. The summed E-state index contributed by atoms with van der Waals surface area (Å²) in [5.74, 6) is -1.29. The molecule has 0 aliphatic rings. The minimum absolute atomic E-state index is 0.0308. The lowest BCUT2D eigenvalue weighted by Crippen LogP contribution is -2.10. The first kappa shape index (κ1) is 20.1. The molecule has 0 atom stereocenters. The standard InChI is InChI=1S/C20H15N5O5/c21-15-6-4-13(5-7-15)19(26)23-22-16-8-10-17(11-9-16)24-30-20(27)14-2-1-3-18(12-14)25(28)29/h1-12,24H,21H2. The predicted octanol–water partition coefficient (Wildman–Crippen LogP) is 4.29. The lowest BCUT2D eigenvalue weighted by Gasteiger charge is -2.06. The van der Waals surface area contributed by atoms with Gasteiger partial charge in [-0.25, -0.2) is 10.3 Å². The summed E-state index contributed by atoms with van der Waals surface area (Å²) in [7, 11) is 0. The van der Waals surface area contributed by atoms with Crippen LogP contribution in [-0.2, 0) is 4.84 Å². The highest BCUT2D eigenvalue weighted by molar-refractivity contribution is 5.95. The number of non-ortho nitro benzene ring substituents is 1. The maximum Gasteiger partial charge on any atom is 0.363 e. The van der Waals surface area contributed by atoms with Gasteiger partial charge < -0.3 is 10.6 Å². The van der Waals surface area contributed by atoms with Gasteiger partial charge in [0.05, 0.1) is 21.9 Å². The molecule has 0 aromatic heterocycles. The normalized spacial score (nSPS) is 10.5. The Hall–Kier alpha value is -4.60. The van der Waals surface area contributed by atoms with E-state index in [9.17, 15) is 19.7 Å². The topological polar surface area (TPSA) is 149 Å². The van der Waals surface area contributed by atoms with Crippen LogP contribution in [0.2, 0.25) is 0 Å². The Morgan fingerprint density at radius 3 is 2.33 bits per heavy atom. The van der Waals surface area contributed by atoms with Crippen LogP contribution in [0.5, 0.6) is 0 Å². The van der Waals surface area contributed by atoms with E-state index in [0.717, 1.165) is 6.07 Å². The zero-order valence-corrected chi connectivity index (χ0v) is 15.4. The zero-order valence-electron chi connectivity index (χ0n) is 15.4. The third-order valence-electron chi connectivity index (χ3n) is 3.84. The molecular weight excluding hydrogens is 390 g/mol. The fourth-order valence-electron chi connectivity index (χ4n) is 2.29. The van der Waals surface area contributed by atoms with Gasteiger partial charge >= 0.3 is 5.97 Å². The number of nitro groups is 1. The largest absolute Gasteiger partial charge is 0.399 e. The fraction of sp³-hybridized carbons (Fsp3) is 0. The number of anilines is 2. The van der Waals surface area contributed by atoms with E-state index < -0.39 is 16.8 Å². The number of hydrogen-bond donors (Lipinski definition) is 2. The van der Waals surface area contributed by atoms with Crippen LogP contribution in [0.4, 0.5) is 22.7 Å². The molecule has 0 saturated heterocycles. The molecule has 3 aromatic rings. The number of hydrogen-bond acceptors (Lipinski definition) is 8. The average Bonchev–Trinajstić information content (AvgIpc) is 2.77. The van der Waals surface area contributed by atoms with E-state index in [1.807, 2.05) is 0 Å². The highest BCUT2D eigenvalue weighted by Gasteiger charge is 2.13. The summed E-state index contributed by atoms with van der Waals surface area (Å²) in [5.41, 5.74) is 9.57. The molecule has 3 aromatic carbocycles. The summed E-state index contributed by atoms with van der Waals surface area (Å²) in [6.07, 6.45) is 0. The number of nitro benzene ring substituents is 1. The number of nitrogens with two attached hydrogens (primary N) is 1. The van der Waals surface area contributed by atoms with E-state index in [1.54, 1.807) is 48.5 Å². The summed E-state index contributed by atoms with van der Waals surface area (Å²) >= 11 is 0. The quantitative estimate of drug-likeness (QED) is 0.269. The highest BCUT2D eigenvalue weighted by Crippen LogP contribution is 2.19. The van der Waals surface area contributed by atoms with Crippen LogP contribution in [0, 0.1) is 10.1 Å². The number of nitrogens with zero attached hydrogens (tertiary/aromatic N) is 3. The molecule has 3 rings (SSSR count). The van der Waals surface area contributed by atoms with Crippen molar-refractivity contribution in [1.29, 1.82) is 0 Å². The van der Waals surface area contributed by atoms with Crippen molar-refractivity contribution in [2.24, 2.45) is 10.2 Å². The molecule has 3 N–H and O–H groups in total. The van der Waals surface area contributed by atoms with Gasteiger partial charge in [-0.3, -0.25) is 14.9 Å². The Morgan fingerprint density at radius 1 is 0.967 bits per heavy atom. The summed E-state index contributed by atoms with van der Waals surface area (Å²) < 4.78 is 0. The Kier molecular flexibility index (Phi) is 6.08. The van der Waals surface area contributed by atoms with Crippen LogP contribution in [0.3, 0.4) is 0 Å². The third kappa shape index (κ3) is 5.23. The Bertz CT molecular complexity index is 1110. The van der Waals surface area contributed by atoms with E-state index in [2.05, 4.69) is 15.7 Å². The van der Waals surface area contributed by atoms with E-state index in [4.69, 9.17) is 10.6 Å². The van der Waals surface area contributed by atoms with Gasteiger partial charge in [0.1, 0.15) is 0 Å². The first-order valence-electron chi connectivity index (χ1n) is 8.56. The molecule has 150 valence electrons. The number of carbonyl (C=O) groups excluding carboxylic acids is 2. The fourth-order valence-corrected chi connectivity index (χ4v) is 2.29. The second kappa shape index (κ2) is 9.06. The third-order valence-corrected chi connectivity index (χ3v) is 3.84. The molecule has 0 saturated carbocycles. The van der Waals surface area contributed by atoms with Crippen molar-refractivity contribution in [2.75, 3.05) is 11.2 Å². The van der Waals surface area contributed by atoms with Gasteiger partial charge in [-0.05, 0) is 54.6 Å². The van der Waals surface area contributed by atoms with Gasteiger partial charge in [-0.2, -0.15) is 0 Å². The lowest BCUT2D eigenvalue weighted by molar-refractivity contribution is -0.384. The molecule has 0 unspecified atom stereocenters. The van der Waals surface area contributed by atoms with Gasteiger partial charge in [0.2, 0.25) is 0 Å². The van der Waals surface area contributed by atoms with Gasteiger partial charge in [-0.1, -0.05) is 6.07 Å². The average molecular weight is 405 g/mol. The monoisotopic (exact) mass is 405 g/mol. The molecule has 0 aliphatic heterocycles. The molecule has 0 bridgehead atoms. The van der Waals surface area contributed by atoms with Gasteiger partial charge in [-0.15, -0.1) is 10.2 Å². The van der Waals surface area contributed by atoms with E-state index in [1.165, 1.54) is 18.2 Å². The second-order valence-electron chi connectivity index (χ2n) is 5.97. The summed E-state index contributed by atoms with van der Waals surface area (Å²) in [6, 6.07) is 17.7. The van der Waals surface area contributed by atoms with Crippen molar-refractivity contribution in [3.05, 3.63) is 94.0 Å². The molecular formula is C20H15N5O5. The molecule has 1 amide bonds. The molecule has 0 spiro atoms. The summed E-state index contributed by atoms with van der Waals surface area (Å²) in [5, 5.41) is 18.3. The Morgan fingerprint density at radius 2 is 1.67 bits per heavy atom.